The number of amides is 2. The van der Waals surface area contributed by atoms with Crippen LogP contribution >= 0.6 is 0 Å². The number of aromatic nitrogens is 4. The molecule has 0 saturated heterocycles. The van der Waals surface area contributed by atoms with Gasteiger partial charge < -0.3 is 15.7 Å². The fraction of sp³-hybridized carbons (Fsp3) is 0.550. The minimum atomic E-state index is -0.755. The van der Waals surface area contributed by atoms with E-state index in [-0.39, 0.29) is 25.0 Å². The van der Waals surface area contributed by atoms with E-state index in [9.17, 15) is 9.59 Å². The molecule has 2 heterocycles. The monoisotopic (exact) mass is 398 g/mol. The zero-order chi connectivity index (χ0) is 20.8. The van der Waals surface area contributed by atoms with Gasteiger partial charge in [-0.1, -0.05) is 20.8 Å². The van der Waals surface area contributed by atoms with Crippen molar-refractivity contribution in [3.8, 4) is 5.82 Å². The van der Waals surface area contributed by atoms with Gasteiger partial charge in [0.1, 0.15) is 6.04 Å². The second kappa shape index (κ2) is 7.22. The predicted molar refractivity (Wildman–Crippen MR) is 105 cm³/mol. The molecule has 2 aromatic rings. The summed E-state index contributed by atoms with van der Waals surface area (Å²) in [5.41, 5.74) is 1.83. The van der Waals surface area contributed by atoms with E-state index >= 15 is 0 Å². The van der Waals surface area contributed by atoms with Crippen LogP contribution in [0.3, 0.4) is 0 Å². The van der Waals surface area contributed by atoms with Crippen molar-refractivity contribution in [3.63, 3.8) is 0 Å². The van der Waals surface area contributed by atoms with Crippen LogP contribution in [-0.4, -0.2) is 55.9 Å². The Morgan fingerprint density at radius 2 is 2.14 bits per heavy atom. The lowest BCUT2D eigenvalue weighted by Gasteiger charge is -2.30. The molecule has 2 aromatic heterocycles. The summed E-state index contributed by atoms with van der Waals surface area (Å²) in [7, 11) is 0. The molecule has 2 aliphatic carbocycles. The Balaban J connectivity index is 1.64. The van der Waals surface area contributed by atoms with Crippen molar-refractivity contribution in [3.05, 3.63) is 35.5 Å². The third-order valence-corrected chi connectivity index (χ3v) is 5.56. The summed E-state index contributed by atoms with van der Waals surface area (Å²) >= 11 is 0. The molecule has 4 rings (SSSR count). The number of hydrogen-bond acceptors (Lipinski definition) is 6. The summed E-state index contributed by atoms with van der Waals surface area (Å²) < 4.78 is 1.73. The van der Waals surface area contributed by atoms with Gasteiger partial charge in [0.05, 0.1) is 18.5 Å². The van der Waals surface area contributed by atoms with Gasteiger partial charge in [0, 0.05) is 30.4 Å². The molecule has 154 valence electrons. The van der Waals surface area contributed by atoms with E-state index in [1.54, 1.807) is 23.3 Å². The molecule has 1 fully saturated rings. The Kier molecular flexibility index (Phi) is 4.85. The largest absolute Gasteiger partial charge is 0.395 e. The average Bonchev–Trinajstić information content (AvgIpc) is 3.19. The Bertz CT molecular complexity index is 934. The molecule has 3 N–H and O–H groups in total. The number of nitrogens with zero attached hydrogens (tertiary/aromatic N) is 4. The lowest BCUT2D eigenvalue weighted by Crippen LogP contribution is -2.54. The van der Waals surface area contributed by atoms with Gasteiger partial charge in [0.25, 0.3) is 5.91 Å². The van der Waals surface area contributed by atoms with E-state index in [0.717, 1.165) is 24.1 Å². The molecule has 0 aliphatic heterocycles. The van der Waals surface area contributed by atoms with Crippen molar-refractivity contribution < 1.29 is 14.7 Å². The molecule has 9 nitrogen and oxygen atoms in total. The molecule has 29 heavy (non-hydrogen) atoms. The second-order valence-electron chi connectivity index (χ2n) is 8.78. The third kappa shape index (κ3) is 3.62. The zero-order valence-electron chi connectivity index (χ0n) is 16.8. The second-order valence-corrected chi connectivity index (χ2v) is 8.78. The van der Waals surface area contributed by atoms with Gasteiger partial charge in [-0.3, -0.25) is 14.6 Å². The lowest BCUT2D eigenvalue weighted by atomic mass is 9.86. The quantitative estimate of drug-likeness (QED) is 0.654. The molecule has 2 amide bonds. The average molecular weight is 398 g/mol. The summed E-state index contributed by atoms with van der Waals surface area (Å²) in [5, 5.41) is 19.1. The molecule has 0 radical (unpaired) electrons. The molecule has 3 atom stereocenters. The molecule has 1 saturated carbocycles. The summed E-state index contributed by atoms with van der Waals surface area (Å²) in [4.78, 5) is 34.2. The minimum Gasteiger partial charge on any atom is -0.395 e. The Morgan fingerprint density at radius 3 is 2.79 bits per heavy atom. The highest BCUT2D eigenvalue weighted by Crippen LogP contribution is 2.57. The first-order valence-electron chi connectivity index (χ1n) is 9.89. The van der Waals surface area contributed by atoms with Crippen LogP contribution in [0.5, 0.6) is 0 Å². The smallest absolute Gasteiger partial charge is 0.272 e. The maximum atomic E-state index is 13.2. The van der Waals surface area contributed by atoms with Crippen LogP contribution in [0.25, 0.3) is 5.82 Å². The Labute approximate surface area is 168 Å². The van der Waals surface area contributed by atoms with Gasteiger partial charge in [-0.2, -0.15) is 5.10 Å². The first-order chi connectivity index (χ1) is 13.8. The van der Waals surface area contributed by atoms with E-state index in [1.807, 2.05) is 20.8 Å². The maximum Gasteiger partial charge on any atom is 0.272 e. The van der Waals surface area contributed by atoms with Gasteiger partial charge in [0.15, 0.2) is 11.5 Å². The number of aliphatic hydroxyl groups is 1. The number of nitrogens with one attached hydrogen (secondary N) is 2. The molecular weight excluding hydrogens is 372 g/mol. The van der Waals surface area contributed by atoms with Crippen LogP contribution in [0, 0.1) is 11.3 Å². The molecule has 0 bridgehead atoms. The fourth-order valence-electron chi connectivity index (χ4n) is 4.03. The number of fused-ring (bicyclic) bond motifs is 3. The minimum absolute atomic E-state index is 0.140. The zero-order valence-corrected chi connectivity index (χ0v) is 16.8. The van der Waals surface area contributed by atoms with Crippen molar-refractivity contribution in [2.24, 2.45) is 11.3 Å². The van der Waals surface area contributed by atoms with E-state index in [4.69, 9.17) is 5.11 Å². The van der Waals surface area contributed by atoms with E-state index in [1.165, 1.54) is 0 Å². The predicted octanol–water partition coefficient (Wildman–Crippen LogP) is 0.575. The van der Waals surface area contributed by atoms with Crippen molar-refractivity contribution >= 4 is 11.8 Å². The summed E-state index contributed by atoms with van der Waals surface area (Å²) in [5.74, 6) is 0.858. The van der Waals surface area contributed by atoms with Gasteiger partial charge in [-0.15, -0.1) is 0 Å². The van der Waals surface area contributed by atoms with Crippen LogP contribution in [0.4, 0.5) is 0 Å². The van der Waals surface area contributed by atoms with Crippen molar-refractivity contribution in [2.75, 3.05) is 13.2 Å². The summed E-state index contributed by atoms with van der Waals surface area (Å²) in [6.45, 7) is 5.63. The van der Waals surface area contributed by atoms with Crippen LogP contribution in [0.1, 0.15) is 54.9 Å². The number of carbonyl (C=O) groups excluding carboxylic acids is 2. The molecule has 9 heteroatoms. The first kappa shape index (κ1) is 19.5. The molecule has 0 unspecified atom stereocenters. The number of carbonyl (C=O) groups is 2. The molecule has 0 aromatic carbocycles. The van der Waals surface area contributed by atoms with E-state index < -0.39 is 11.5 Å². The van der Waals surface area contributed by atoms with E-state index in [0.29, 0.717) is 23.3 Å². The van der Waals surface area contributed by atoms with Gasteiger partial charge in [0.2, 0.25) is 5.91 Å². The fourth-order valence-corrected chi connectivity index (χ4v) is 4.03. The number of hydrogen-bond donors (Lipinski definition) is 3. The van der Waals surface area contributed by atoms with Gasteiger partial charge >= 0.3 is 0 Å². The third-order valence-electron chi connectivity index (χ3n) is 5.56. The van der Waals surface area contributed by atoms with Crippen LogP contribution < -0.4 is 10.6 Å². The van der Waals surface area contributed by atoms with Crippen molar-refractivity contribution in [1.82, 2.24) is 30.4 Å². The highest BCUT2D eigenvalue weighted by Gasteiger charge is 2.50. The highest BCUT2D eigenvalue weighted by atomic mass is 16.3. The van der Waals surface area contributed by atoms with Crippen molar-refractivity contribution in [1.29, 1.82) is 0 Å². The first-order valence-corrected chi connectivity index (χ1v) is 9.89. The lowest BCUT2D eigenvalue weighted by molar-refractivity contribution is -0.125. The van der Waals surface area contributed by atoms with E-state index in [2.05, 4.69) is 25.7 Å². The normalized spacial score (nSPS) is 20.6. The molecular formula is C20H26N6O3. The Morgan fingerprint density at radius 1 is 1.34 bits per heavy atom. The summed E-state index contributed by atoms with van der Waals surface area (Å²) in [6, 6.07) is -0.755. The van der Waals surface area contributed by atoms with Crippen LogP contribution in [0.2, 0.25) is 0 Å². The van der Waals surface area contributed by atoms with Crippen LogP contribution in [-0.2, 0) is 11.2 Å². The van der Waals surface area contributed by atoms with Crippen molar-refractivity contribution in [2.45, 2.75) is 45.6 Å². The maximum absolute atomic E-state index is 13.2. The molecule has 0 spiro atoms. The SMILES string of the molecule is CC(C)(C)[C@H](NC(=O)c1nn(-c2cnccn2)c2c1C[C@H]1C[C@@H]21)C(=O)NCCO. The Hall–Kier alpha value is -2.81. The highest BCUT2D eigenvalue weighted by molar-refractivity contribution is 5.98. The van der Waals surface area contributed by atoms with Crippen LogP contribution in [0.15, 0.2) is 18.6 Å². The van der Waals surface area contributed by atoms with Gasteiger partial charge in [-0.25, -0.2) is 9.67 Å². The van der Waals surface area contributed by atoms with Gasteiger partial charge in [-0.05, 0) is 24.2 Å². The molecule has 2 aliphatic rings. The topological polar surface area (TPSA) is 122 Å². The standard InChI is InChI=1S/C20H26N6O3/c1-20(2,3)17(19(29)23-6-7-27)24-18(28)15-13-9-11-8-12(11)16(13)26(25-15)14-10-21-4-5-22-14/h4-5,10-12,17,27H,6-9H2,1-3H3,(H,23,29)(H,24,28)/t11-,12-,17-/m1/s1. The summed E-state index contributed by atoms with van der Waals surface area (Å²) in [6.07, 6.45) is 6.75. The number of rotatable bonds is 6. The number of aliphatic hydroxyl groups excluding tert-OH is 1.